The molecule has 2 aliphatic carbocycles. The van der Waals surface area contributed by atoms with Gasteiger partial charge in [-0.1, -0.05) is 37.1 Å². The maximum absolute atomic E-state index is 13.4. The molecule has 3 aromatic carbocycles. The van der Waals surface area contributed by atoms with E-state index in [9.17, 15) is 25.1 Å². The zero-order valence-electron chi connectivity index (χ0n) is 34.4. The number of allylic oxidation sites excluding steroid dienone is 1. The van der Waals surface area contributed by atoms with Gasteiger partial charge in [0, 0.05) is 49.3 Å². The number of carbonyl (C=O) groups excluding carboxylic acids is 1. The van der Waals surface area contributed by atoms with Crippen LogP contribution in [0.1, 0.15) is 68.9 Å². The summed E-state index contributed by atoms with van der Waals surface area (Å²) in [5.74, 6) is 1.11. The number of non-ortho nitro benzene ring substituents is 1. The first-order valence-corrected chi connectivity index (χ1v) is 21.5. The number of methoxy groups -OCH3 is 2. The number of fused-ring (bicyclic) bond motifs is 2. The lowest BCUT2D eigenvalue weighted by Gasteiger charge is -2.58. The van der Waals surface area contributed by atoms with Crippen LogP contribution < -0.4 is 24.3 Å². The number of rotatable bonds is 21. The minimum atomic E-state index is -1.13. The van der Waals surface area contributed by atoms with Gasteiger partial charge in [0.2, 0.25) is 5.79 Å². The van der Waals surface area contributed by atoms with Crippen LogP contribution in [0.3, 0.4) is 0 Å². The maximum Gasteiger partial charge on any atom is 0.417 e. The van der Waals surface area contributed by atoms with Gasteiger partial charge < -0.3 is 38.7 Å². The molecule has 322 valence electrons. The minimum Gasteiger partial charge on any atom is -0.497 e. The average molecular weight is 846 g/mol. The third kappa shape index (κ3) is 9.92. The normalized spacial score (nSPS) is 23.3. The number of oxime groups is 1. The number of unbranched alkanes of at least 4 members (excludes halogenated alkanes) is 2. The summed E-state index contributed by atoms with van der Waals surface area (Å²) in [5.41, 5.74) is 3.73. The molecule has 1 amide bonds. The summed E-state index contributed by atoms with van der Waals surface area (Å²) < 4.78 is 30.8. The molecule has 0 unspecified atom stereocenters. The lowest BCUT2D eigenvalue weighted by atomic mass is 9.56. The van der Waals surface area contributed by atoms with Gasteiger partial charge in [-0.15, -0.1) is 6.58 Å². The van der Waals surface area contributed by atoms with Crippen molar-refractivity contribution >= 4 is 34.9 Å². The van der Waals surface area contributed by atoms with Gasteiger partial charge in [-0.05, 0) is 96.9 Å². The van der Waals surface area contributed by atoms with E-state index in [1.807, 2.05) is 12.1 Å². The fraction of sp³-hybridized carbons (Fsp3) is 0.467. The van der Waals surface area contributed by atoms with Crippen molar-refractivity contribution in [1.29, 1.82) is 0 Å². The summed E-state index contributed by atoms with van der Waals surface area (Å²) in [4.78, 5) is 30.3. The second kappa shape index (κ2) is 20.9. The Bertz CT molecular complexity index is 2030. The second-order valence-corrected chi connectivity index (χ2v) is 16.5. The third-order valence-electron chi connectivity index (χ3n) is 11.4. The van der Waals surface area contributed by atoms with E-state index >= 15 is 0 Å². The van der Waals surface area contributed by atoms with Crippen molar-refractivity contribution in [3.8, 4) is 23.0 Å². The average Bonchev–Trinajstić information content (AvgIpc) is 3.25. The zero-order chi connectivity index (χ0) is 42.6. The largest absolute Gasteiger partial charge is 0.497 e. The molecule has 1 saturated carbocycles. The Morgan fingerprint density at radius 1 is 1.03 bits per heavy atom. The Morgan fingerprint density at radius 2 is 1.78 bits per heavy atom. The highest BCUT2D eigenvalue weighted by Gasteiger charge is 2.63. The number of anilines is 1. The maximum atomic E-state index is 13.4. The van der Waals surface area contributed by atoms with Gasteiger partial charge in [0.1, 0.15) is 29.6 Å². The van der Waals surface area contributed by atoms with Crippen LogP contribution in [-0.2, 0) is 16.2 Å². The summed E-state index contributed by atoms with van der Waals surface area (Å²) >= 11 is 1.73. The van der Waals surface area contributed by atoms with E-state index in [4.69, 9.17) is 33.7 Å². The molecule has 0 saturated heterocycles. The first-order chi connectivity index (χ1) is 29.2. The molecule has 1 fully saturated rings. The molecule has 60 heavy (non-hydrogen) atoms. The Hall–Kier alpha value is -5.09. The third-order valence-corrected chi connectivity index (χ3v) is 12.6. The number of benzene rings is 3. The standard InChI is InChI=1S/C45H55N3O11S/c1-5-23-56-45-41(60-6-2)27-38(47-57-28-29-13-15-31(16-14-29)48(52)53)35-24-30(11-7-9-21-49)34(12-8-10-22-50)42(43(35)45)36-25-33(18-20-39(36)59-45)58-44(51)46-37-19-17-32(54-3)26-40(37)55-4/h5,13-20,24-26,30,34,41-43,49-50H,1,6-12,21-23,27-28H2,2-4H3,(H,46,51)/t30-,34+,41-,42+,43+,45+/m0/s1. The summed E-state index contributed by atoms with van der Waals surface area (Å²) in [6.45, 7) is 6.59. The van der Waals surface area contributed by atoms with Crippen LogP contribution in [0.15, 0.2) is 90.1 Å². The van der Waals surface area contributed by atoms with Gasteiger partial charge in [-0.3, -0.25) is 15.4 Å². The van der Waals surface area contributed by atoms with E-state index in [0.29, 0.717) is 47.9 Å². The number of amides is 1. The molecule has 3 aromatic rings. The Morgan fingerprint density at radius 3 is 2.47 bits per heavy atom. The molecule has 1 heterocycles. The van der Waals surface area contributed by atoms with Crippen LogP contribution in [0.4, 0.5) is 16.2 Å². The van der Waals surface area contributed by atoms with Crippen molar-refractivity contribution in [2.45, 2.75) is 75.4 Å². The Labute approximate surface area is 355 Å². The highest BCUT2D eigenvalue weighted by molar-refractivity contribution is 8.00. The summed E-state index contributed by atoms with van der Waals surface area (Å²) in [6.07, 6.45) is 8.29. The topological polar surface area (TPSA) is 180 Å². The number of aliphatic hydroxyl groups is 2. The summed E-state index contributed by atoms with van der Waals surface area (Å²) in [5, 5.41) is 38.3. The number of aliphatic hydroxyl groups excluding tert-OH is 2. The number of carbonyl (C=O) groups is 1. The summed E-state index contributed by atoms with van der Waals surface area (Å²) in [6, 6.07) is 16.7. The van der Waals surface area contributed by atoms with E-state index in [1.54, 1.807) is 61.3 Å². The molecule has 0 aromatic heterocycles. The Kier molecular flexibility index (Phi) is 15.5. The predicted octanol–water partition coefficient (Wildman–Crippen LogP) is 8.81. The molecule has 3 N–H and O–H groups in total. The first kappa shape index (κ1) is 44.5. The van der Waals surface area contributed by atoms with E-state index in [2.05, 4.69) is 24.9 Å². The number of nitrogens with one attached hydrogen (secondary N) is 1. The molecule has 1 aliphatic heterocycles. The number of nitro groups is 1. The van der Waals surface area contributed by atoms with Crippen molar-refractivity contribution < 1.29 is 48.5 Å². The number of hydrogen-bond donors (Lipinski definition) is 3. The van der Waals surface area contributed by atoms with Crippen LogP contribution in [0.5, 0.6) is 23.0 Å². The second-order valence-electron chi connectivity index (χ2n) is 15.0. The lowest BCUT2D eigenvalue weighted by Crippen LogP contribution is -2.64. The quantitative estimate of drug-likeness (QED) is 0.0402. The fourth-order valence-electron chi connectivity index (χ4n) is 8.78. The van der Waals surface area contributed by atoms with Gasteiger partial charge in [-0.25, -0.2) is 4.79 Å². The first-order valence-electron chi connectivity index (χ1n) is 20.5. The number of thioether (sulfide) groups is 1. The fourth-order valence-corrected chi connectivity index (χ4v) is 9.96. The van der Waals surface area contributed by atoms with Gasteiger partial charge in [0.15, 0.2) is 0 Å². The van der Waals surface area contributed by atoms with Crippen LogP contribution in [0.2, 0.25) is 0 Å². The molecule has 0 bridgehead atoms. The van der Waals surface area contributed by atoms with E-state index < -0.39 is 16.8 Å². The number of nitro benzene ring substituents is 1. The van der Waals surface area contributed by atoms with E-state index in [-0.39, 0.29) is 61.0 Å². The zero-order valence-corrected chi connectivity index (χ0v) is 35.2. The van der Waals surface area contributed by atoms with Crippen LogP contribution in [-0.4, -0.2) is 77.8 Å². The van der Waals surface area contributed by atoms with Crippen LogP contribution in [0, 0.1) is 27.9 Å². The molecule has 14 nitrogen and oxygen atoms in total. The lowest BCUT2D eigenvalue weighted by molar-refractivity contribution is -0.384. The number of nitrogens with zero attached hydrogens (tertiary/aromatic N) is 2. The van der Waals surface area contributed by atoms with Crippen molar-refractivity contribution in [2.75, 3.05) is 45.1 Å². The molecular formula is C45H55N3O11S. The van der Waals surface area contributed by atoms with Gasteiger partial charge in [-0.2, -0.15) is 11.8 Å². The van der Waals surface area contributed by atoms with Gasteiger partial charge in [0.25, 0.3) is 5.69 Å². The SMILES string of the molecule is C=CCO[C@@]12Oc3ccc(OC(=O)Nc4ccc(OC)cc4OC)cc3[C@H]3[C@H](CCCCO)[C@@H](CCCCO)C=C(C(=NOCc4ccc([N+](=O)[O-])cc4)C[C@@H]1SCC)[C@H]32. The van der Waals surface area contributed by atoms with Crippen molar-refractivity contribution in [2.24, 2.45) is 22.9 Å². The minimum absolute atomic E-state index is 0.00365. The van der Waals surface area contributed by atoms with Crippen molar-refractivity contribution in [3.63, 3.8) is 0 Å². The molecular weight excluding hydrogens is 791 g/mol. The van der Waals surface area contributed by atoms with Gasteiger partial charge >= 0.3 is 6.09 Å². The summed E-state index contributed by atoms with van der Waals surface area (Å²) in [7, 11) is 3.05. The van der Waals surface area contributed by atoms with E-state index in [0.717, 1.165) is 53.8 Å². The Balaban J connectivity index is 1.44. The van der Waals surface area contributed by atoms with Crippen molar-refractivity contribution in [3.05, 3.63) is 106 Å². The van der Waals surface area contributed by atoms with Gasteiger partial charge in [0.05, 0.1) is 48.3 Å². The molecule has 6 rings (SSSR count). The molecule has 15 heteroatoms. The molecule has 6 atom stereocenters. The van der Waals surface area contributed by atoms with E-state index in [1.165, 1.54) is 19.2 Å². The highest BCUT2D eigenvalue weighted by atomic mass is 32.2. The van der Waals surface area contributed by atoms with Crippen LogP contribution >= 0.6 is 11.8 Å². The molecule has 0 radical (unpaired) electrons. The molecule has 0 spiro atoms. The highest BCUT2D eigenvalue weighted by Crippen LogP contribution is 2.62. The predicted molar refractivity (Wildman–Crippen MR) is 230 cm³/mol. The number of hydrogen-bond acceptors (Lipinski definition) is 13. The number of ether oxygens (including phenoxy) is 5. The molecule has 3 aliphatic rings. The smallest absolute Gasteiger partial charge is 0.417 e. The van der Waals surface area contributed by atoms with Crippen molar-refractivity contribution in [1.82, 2.24) is 0 Å². The van der Waals surface area contributed by atoms with Crippen LogP contribution in [0.25, 0.3) is 0 Å². The monoisotopic (exact) mass is 845 g/mol.